The molecule has 110 valence electrons. The van der Waals surface area contributed by atoms with Gasteiger partial charge in [0.25, 0.3) is 0 Å². The number of allylic oxidation sites excluding steroid dienone is 1. The Kier molecular flexibility index (Phi) is 7.40. The van der Waals surface area contributed by atoms with Crippen molar-refractivity contribution in [1.82, 2.24) is 0 Å². The quantitative estimate of drug-likeness (QED) is 0.389. The molecule has 0 aromatic heterocycles. The first kappa shape index (κ1) is 16.2. The lowest BCUT2D eigenvalue weighted by atomic mass is 9.87. The Balaban J connectivity index is 2.58. The molecule has 0 aromatic carbocycles. The average molecular weight is 278 g/mol. The Labute approximate surface area is 120 Å². The summed E-state index contributed by atoms with van der Waals surface area (Å²) in [5.41, 5.74) is 0.434. The fourth-order valence-corrected chi connectivity index (χ4v) is 2.01. The molecule has 0 heterocycles. The van der Waals surface area contributed by atoms with Crippen molar-refractivity contribution >= 4 is 11.9 Å². The highest BCUT2D eigenvalue weighted by atomic mass is 16.5. The van der Waals surface area contributed by atoms with E-state index in [1.54, 1.807) is 18.2 Å². The largest absolute Gasteiger partial charge is 0.465 e. The van der Waals surface area contributed by atoms with Crippen LogP contribution in [0.2, 0.25) is 0 Å². The molecule has 0 spiro atoms. The van der Waals surface area contributed by atoms with Crippen LogP contribution in [0.4, 0.5) is 0 Å². The molecular formula is C16H22O4. The summed E-state index contributed by atoms with van der Waals surface area (Å²) >= 11 is 0. The van der Waals surface area contributed by atoms with Crippen LogP contribution < -0.4 is 0 Å². The van der Waals surface area contributed by atoms with Gasteiger partial charge in [0.2, 0.25) is 0 Å². The predicted octanol–water partition coefficient (Wildman–Crippen LogP) is 2.95. The van der Waals surface area contributed by atoms with Crippen molar-refractivity contribution in [3.8, 4) is 0 Å². The first-order valence-corrected chi connectivity index (χ1v) is 6.96. The molecule has 0 aromatic rings. The highest BCUT2D eigenvalue weighted by molar-refractivity contribution is 5.95. The molecule has 4 heteroatoms. The van der Waals surface area contributed by atoms with Gasteiger partial charge >= 0.3 is 11.9 Å². The van der Waals surface area contributed by atoms with Gasteiger partial charge in [-0.1, -0.05) is 18.2 Å². The lowest BCUT2D eigenvalue weighted by molar-refractivity contribution is -0.151. The van der Waals surface area contributed by atoms with Crippen molar-refractivity contribution in [3.63, 3.8) is 0 Å². The van der Waals surface area contributed by atoms with Gasteiger partial charge in [0.05, 0.1) is 19.1 Å². The minimum absolute atomic E-state index is 0.290. The number of rotatable bonds is 8. The number of carbonyl (C=O) groups is 2. The smallest absolute Gasteiger partial charge is 0.334 e. The van der Waals surface area contributed by atoms with Crippen molar-refractivity contribution in [2.45, 2.75) is 32.1 Å². The third kappa shape index (κ3) is 5.03. The fraction of sp³-hybridized carbons (Fsp3) is 0.500. The maximum absolute atomic E-state index is 12.0. The van der Waals surface area contributed by atoms with E-state index in [0.29, 0.717) is 31.4 Å². The number of esters is 2. The summed E-state index contributed by atoms with van der Waals surface area (Å²) in [6, 6.07) is 0. The first-order chi connectivity index (χ1) is 9.70. The van der Waals surface area contributed by atoms with E-state index in [-0.39, 0.29) is 12.6 Å². The van der Waals surface area contributed by atoms with E-state index in [1.807, 2.05) is 0 Å². The van der Waals surface area contributed by atoms with Crippen LogP contribution in [0.15, 0.2) is 37.0 Å². The van der Waals surface area contributed by atoms with Crippen LogP contribution in [0.5, 0.6) is 0 Å². The first-order valence-electron chi connectivity index (χ1n) is 6.96. The second-order valence-corrected chi connectivity index (χ2v) is 4.60. The molecule has 4 nitrogen and oxygen atoms in total. The molecule has 0 bridgehead atoms. The van der Waals surface area contributed by atoms with Gasteiger partial charge in [-0.3, -0.25) is 4.79 Å². The van der Waals surface area contributed by atoms with Crippen LogP contribution in [-0.2, 0) is 19.1 Å². The number of carbonyl (C=O) groups excluding carboxylic acids is 2. The topological polar surface area (TPSA) is 52.6 Å². The zero-order chi connectivity index (χ0) is 14.8. The van der Waals surface area contributed by atoms with Crippen LogP contribution in [0, 0.1) is 5.92 Å². The molecule has 1 rings (SSSR count). The summed E-state index contributed by atoms with van der Waals surface area (Å²) in [7, 11) is 0. The third-order valence-corrected chi connectivity index (χ3v) is 3.08. The molecule has 0 saturated carbocycles. The lowest BCUT2D eigenvalue weighted by Gasteiger charge is -2.21. The Hall–Kier alpha value is -1.84. The van der Waals surface area contributed by atoms with Gasteiger partial charge in [-0.05, 0) is 32.1 Å². The van der Waals surface area contributed by atoms with Crippen molar-refractivity contribution in [1.29, 1.82) is 0 Å². The van der Waals surface area contributed by atoms with Gasteiger partial charge in [-0.15, -0.1) is 13.2 Å². The Morgan fingerprint density at radius 1 is 1.20 bits per heavy atom. The Morgan fingerprint density at radius 2 is 1.85 bits per heavy atom. The Morgan fingerprint density at radius 3 is 2.50 bits per heavy atom. The average Bonchev–Trinajstić information content (AvgIpc) is 2.47. The normalized spacial score (nSPS) is 17.8. The summed E-state index contributed by atoms with van der Waals surface area (Å²) in [5, 5.41) is 0. The van der Waals surface area contributed by atoms with Gasteiger partial charge in [0.15, 0.2) is 0 Å². The zero-order valence-corrected chi connectivity index (χ0v) is 11.8. The van der Waals surface area contributed by atoms with Crippen molar-refractivity contribution in [2.24, 2.45) is 5.92 Å². The second-order valence-electron chi connectivity index (χ2n) is 4.60. The fourth-order valence-electron chi connectivity index (χ4n) is 2.01. The van der Waals surface area contributed by atoms with E-state index in [1.165, 1.54) is 0 Å². The van der Waals surface area contributed by atoms with Crippen molar-refractivity contribution in [2.75, 3.05) is 13.2 Å². The van der Waals surface area contributed by atoms with Crippen LogP contribution in [-0.4, -0.2) is 25.2 Å². The highest BCUT2D eigenvalue weighted by Crippen LogP contribution is 2.27. The molecular weight excluding hydrogens is 256 g/mol. The molecule has 0 radical (unpaired) electrons. The van der Waals surface area contributed by atoms with Crippen LogP contribution in [0.25, 0.3) is 0 Å². The molecule has 1 aliphatic rings. The molecule has 0 saturated heterocycles. The summed E-state index contributed by atoms with van der Waals surface area (Å²) in [6.07, 6.45) is 8.69. The minimum atomic E-state index is -0.496. The van der Waals surface area contributed by atoms with E-state index >= 15 is 0 Å². The molecule has 20 heavy (non-hydrogen) atoms. The molecule has 0 fully saturated rings. The van der Waals surface area contributed by atoms with E-state index in [2.05, 4.69) is 13.2 Å². The maximum Gasteiger partial charge on any atom is 0.334 e. The molecule has 1 aliphatic carbocycles. The molecule has 1 unspecified atom stereocenters. The van der Waals surface area contributed by atoms with E-state index in [4.69, 9.17) is 9.47 Å². The monoisotopic (exact) mass is 278 g/mol. The number of hydrogen-bond donors (Lipinski definition) is 0. The van der Waals surface area contributed by atoms with Gasteiger partial charge in [0.1, 0.15) is 0 Å². The zero-order valence-electron chi connectivity index (χ0n) is 11.8. The van der Waals surface area contributed by atoms with E-state index in [0.717, 1.165) is 12.8 Å². The predicted molar refractivity (Wildman–Crippen MR) is 77.0 cm³/mol. The summed E-state index contributed by atoms with van der Waals surface area (Å²) in [5.74, 6) is -1.26. The number of ether oxygens (including phenoxy) is 2. The summed E-state index contributed by atoms with van der Waals surface area (Å²) in [6.45, 7) is 7.73. The Bertz CT molecular complexity index is 395. The van der Waals surface area contributed by atoms with Gasteiger partial charge in [0, 0.05) is 5.57 Å². The van der Waals surface area contributed by atoms with Gasteiger partial charge in [-0.25, -0.2) is 4.79 Å². The second kappa shape index (κ2) is 9.13. The van der Waals surface area contributed by atoms with Gasteiger partial charge < -0.3 is 9.47 Å². The maximum atomic E-state index is 12.0. The van der Waals surface area contributed by atoms with Crippen molar-refractivity contribution < 1.29 is 19.1 Å². The van der Waals surface area contributed by atoms with Crippen LogP contribution in [0.3, 0.4) is 0 Å². The summed E-state index contributed by atoms with van der Waals surface area (Å²) in [4.78, 5) is 24.0. The SMILES string of the molecule is C=CCCOC(=O)C1=CCCCC1C(=O)OCCC=C. The molecule has 0 N–H and O–H groups in total. The third-order valence-electron chi connectivity index (χ3n) is 3.08. The van der Waals surface area contributed by atoms with E-state index < -0.39 is 11.9 Å². The van der Waals surface area contributed by atoms with E-state index in [9.17, 15) is 9.59 Å². The van der Waals surface area contributed by atoms with Gasteiger partial charge in [-0.2, -0.15) is 0 Å². The summed E-state index contributed by atoms with van der Waals surface area (Å²) < 4.78 is 10.3. The molecule has 1 atom stereocenters. The highest BCUT2D eigenvalue weighted by Gasteiger charge is 2.31. The van der Waals surface area contributed by atoms with Crippen LogP contribution >= 0.6 is 0 Å². The standard InChI is InChI=1S/C16H22O4/c1-3-5-11-19-15(17)13-9-7-8-10-14(13)16(18)20-12-6-4-2/h3-4,9,14H,1-2,5-8,10-12H2. The lowest BCUT2D eigenvalue weighted by Crippen LogP contribution is -2.27. The van der Waals surface area contributed by atoms with Crippen molar-refractivity contribution in [3.05, 3.63) is 37.0 Å². The van der Waals surface area contributed by atoms with Crippen LogP contribution in [0.1, 0.15) is 32.1 Å². The number of hydrogen-bond acceptors (Lipinski definition) is 4. The minimum Gasteiger partial charge on any atom is -0.465 e. The molecule has 0 aliphatic heterocycles. The molecule has 0 amide bonds.